The Morgan fingerprint density at radius 3 is 1.18 bits per heavy atom. The first-order valence-electron chi connectivity index (χ1n) is 45.6. The van der Waals surface area contributed by atoms with Crippen molar-refractivity contribution in [1.82, 2.24) is 10.6 Å². The summed E-state index contributed by atoms with van der Waals surface area (Å²) in [5.41, 5.74) is -7.59. The van der Waals surface area contributed by atoms with Gasteiger partial charge in [-0.2, -0.15) is 0 Å². The summed E-state index contributed by atoms with van der Waals surface area (Å²) in [6, 6.07) is 0. The molecule has 0 aromatic carbocycles. The van der Waals surface area contributed by atoms with Crippen LogP contribution in [-0.2, 0) is 76.4 Å². The van der Waals surface area contributed by atoms with E-state index >= 15 is 0 Å². The first-order valence-corrected chi connectivity index (χ1v) is 45.6. The number of rotatable bonds is 16. The van der Waals surface area contributed by atoms with E-state index in [1.807, 2.05) is 104 Å². The fourth-order valence-corrected chi connectivity index (χ4v) is 18.4. The van der Waals surface area contributed by atoms with Gasteiger partial charge in [0.15, 0.2) is 6.29 Å². The van der Waals surface area contributed by atoms with Gasteiger partial charge in [-0.05, 0) is 164 Å². The van der Waals surface area contributed by atoms with Gasteiger partial charge in [-0.15, -0.1) is 0 Å². The number of nitrogens with zero attached hydrogens (tertiary/aromatic N) is 3. The number of carbonyl (C=O) groups excluding carboxylic acids is 5. The minimum absolute atomic E-state index is 0.0306. The Morgan fingerprint density at radius 1 is 0.459 bits per heavy atom. The van der Waals surface area contributed by atoms with Crippen LogP contribution in [0.15, 0.2) is 15.5 Å². The molecular formula is C92H170FN5O24. The molecule has 714 valence electrons. The normalized spacial score (nSPS) is 44.0. The molecule has 0 radical (unpaired) electrons. The summed E-state index contributed by atoms with van der Waals surface area (Å²) in [5.74, 6) is -10.4. The molecule has 0 bridgehead atoms. The van der Waals surface area contributed by atoms with Crippen LogP contribution in [0.5, 0.6) is 0 Å². The smallest absolute Gasteiger partial charge is 0.316 e. The number of methoxy groups -OCH3 is 3. The number of aliphatic hydroxyl groups is 8. The Morgan fingerprint density at radius 2 is 0.828 bits per heavy atom. The van der Waals surface area contributed by atoms with Gasteiger partial charge in [-0.1, -0.05) is 147 Å². The molecule has 0 aliphatic carbocycles. The highest BCUT2D eigenvalue weighted by Gasteiger charge is 2.55. The molecule has 2 unspecified atom stereocenters. The molecule has 6 aliphatic rings. The van der Waals surface area contributed by atoms with Crippen LogP contribution in [0.1, 0.15) is 278 Å². The van der Waals surface area contributed by atoms with Crippen LogP contribution in [0.4, 0.5) is 4.39 Å². The summed E-state index contributed by atoms with van der Waals surface area (Å²) in [4.78, 5) is 83.6. The molecule has 6 aliphatic heterocycles. The number of aliphatic hydroxyl groups excluding tert-OH is 4. The third kappa shape index (κ3) is 28.7. The molecule has 6 fully saturated rings. The van der Waals surface area contributed by atoms with E-state index in [9.17, 15) is 69.2 Å². The fraction of sp³-hybridized carbons (Fsp3) is 0.913. The summed E-state index contributed by atoms with van der Waals surface area (Å²) >= 11 is 0. The largest absolute Gasteiger partial charge is 0.459 e. The maximum absolute atomic E-state index is 13.8. The monoisotopic (exact) mass is 1750 g/mol. The molecule has 30 heteroatoms. The van der Waals surface area contributed by atoms with Gasteiger partial charge >= 0.3 is 17.9 Å². The van der Waals surface area contributed by atoms with Crippen LogP contribution in [0, 0.1) is 88.8 Å². The zero-order valence-corrected chi connectivity index (χ0v) is 80.9. The summed E-state index contributed by atoms with van der Waals surface area (Å²) in [6.45, 7) is 56.6. The Kier molecular flexibility index (Phi) is 47.0. The lowest BCUT2D eigenvalue weighted by molar-refractivity contribution is -0.298. The van der Waals surface area contributed by atoms with Gasteiger partial charge in [0.2, 0.25) is 0 Å². The third-order valence-electron chi connectivity index (χ3n) is 28.3. The number of ether oxygens (including phenoxy) is 8. The maximum atomic E-state index is 13.8. The number of carbonyl (C=O) groups is 5. The van der Waals surface area contributed by atoms with Crippen molar-refractivity contribution in [2.24, 2.45) is 104 Å². The van der Waals surface area contributed by atoms with Crippen molar-refractivity contribution in [1.29, 1.82) is 0 Å². The number of oxime groups is 3. The number of hydrogen-bond donors (Lipinski definition) is 10. The van der Waals surface area contributed by atoms with E-state index in [0.29, 0.717) is 43.1 Å². The zero-order valence-electron chi connectivity index (χ0n) is 80.9. The Bertz CT molecular complexity index is 3240. The van der Waals surface area contributed by atoms with E-state index in [1.54, 1.807) is 83.5 Å². The quantitative estimate of drug-likeness (QED) is 0.0226. The van der Waals surface area contributed by atoms with E-state index in [0.717, 1.165) is 32.4 Å². The number of alkyl halides is 1. The second kappa shape index (κ2) is 50.5. The van der Waals surface area contributed by atoms with Crippen molar-refractivity contribution in [2.45, 2.75) is 391 Å². The second-order valence-corrected chi connectivity index (χ2v) is 37.2. The van der Waals surface area contributed by atoms with Gasteiger partial charge in [-0.25, -0.2) is 0 Å². The van der Waals surface area contributed by atoms with Gasteiger partial charge in [0.25, 0.3) is 0 Å². The average molecular weight is 1750 g/mol. The molecule has 6 heterocycles. The summed E-state index contributed by atoms with van der Waals surface area (Å²) in [6.07, 6.45) is -5.44. The van der Waals surface area contributed by atoms with Crippen LogP contribution in [0.3, 0.4) is 0 Å². The Balaban J connectivity index is 0.000000611. The SMILES string of the molecule is CC.CC.CC[C@H]1OC(=O)[C@H](C)C(=O)[C@H](C)[C@@H](C)[C@](C)(OC)C[C@@H](C)C(=NOC2CCCNC2)[C@H](C)[C@@H](O)[C@]1(C)O.CC[C@H]1OC(=O)[C@H](C)C(=O)[C@H](C)[C@@H](C)[C@](C)(OC)C[C@@H](C)C(=NOC2CCNC2)[C@H](C)[C@@H](O)[C@]1(C)O.CC[C@H]1OC(=O)[C@H](C)[C@@H](O[C@H]2C[C@@](C)(OC)[C@@H](O)[C@H](C)O2)[C@H](C)[C@@H](C)[C@](C)(O)C[C@@H](C)C(=NOCCCF)[C@H](C)[C@@H](O)[C@]1(C)O. The lowest BCUT2D eigenvalue weighted by atomic mass is 9.70. The Labute approximate surface area is 731 Å². The molecule has 6 rings (SSSR count). The van der Waals surface area contributed by atoms with Crippen molar-refractivity contribution in [3.8, 4) is 0 Å². The lowest BCUT2D eigenvalue weighted by Gasteiger charge is -2.47. The molecule has 122 heavy (non-hydrogen) atoms. The molecule has 0 aromatic rings. The number of nitrogens with one attached hydrogen (secondary N) is 2. The van der Waals surface area contributed by atoms with Crippen LogP contribution in [0.2, 0.25) is 0 Å². The number of piperidine rings is 1. The van der Waals surface area contributed by atoms with Crippen molar-refractivity contribution in [3.63, 3.8) is 0 Å². The topological polar surface area (TPSA) is 410 Å². The molecule has 0 aromatic heterocycles. The van der Waals surface area contributed by atoms with Gasteiger partial charge in [0.05, 0.1) is 82.7 Å². The standard InChI is InChI=1S/C33H60FNO10.C28H50N2O7.C27H48N2O7.2C2H6/c1-12-24-33(10,40)28(36)20(4)26(35-42-15-13-14-34)18(2)16-31(8,39)22(6)19(3)27(21(5)30(38)44-24)45-25-17-32(9,41-11)29(37)23(7)43-25;1-10-22-28(8,34)25(32)18(4)23(30-37-21-12-11-13-29-15-21)16(2)14-27(7,35-9)20(6)17(3)24(31)19(5)26(33)36-22;1-10-21-27(8,33)24(31)17(4)22(29-36-20-11-12-28-14-20)15(2)13-26(7,34-9)19(6)16(3)23(30)18(5)25(32)35-21;2*1-2/h18-25,27-29,36-37,39-40H,12-17H2,1-11H3;16-22,25,29,32,34H,10-15H2,1-9H3;15-21,24,28,31,33H,10-14H2,1-9H3;2*1-2H3/t18-,19-,20+,21-,22-,23+,24-,25+,27+,28-,29+,31-,32-,33-;16-,17-,18+,19-,20-,21?,22-,25-,27-,28-;15-,16-,17+,18-,19-,20?,21-,24-,26-,27-;;/m111../s1. The van der Waals surface area contributed by atoms with E-state index < -0.39 is 190 Å². The number of esters is 3. The number of cyclic esters (lactones) is 3. The second-order valence-electron chi connectivity index (χ2n) is 37.2. The number of halogens is 1. The highest BCUT2D eigenvalue weighted by molar-refractivity contribution is 6.00. The predicted molar refractivity (Wildman–Crippen MR) is 469 cm³/mol. The first kappa shape index (κ1) is 114. The number of ketones is 2. The highest BCUT2D eigenvalue weighted by Crippen LogP contribution is 2.45. The van der Waals surface area contributed by atoms with Crippen molar-refractivity contribution >= 4 is 46.6 Å². The van der Waals surface area contributed by atoms with Crippen LogP contribution >= 0.6 is 0 Å². The van der Waals surface area contributed by atoms with Crippen LogP contribution in [0.25, 0.3) is 0 Å². The van der Waals surface area contributed by atoms with Crippen LogP contribution < -0.4 is 10.6 Å². The van der Waals surface area contributed by atoms with Gasteiger partial charge in [0.1, 0.15) is 83.4 Å². The summed E-state index contributed by atoms with van der Waals surface area (Å²) in [5, 5.41) is 111. The maximum Gasteiger partial charge on any atom is 0.316 e. The highest BCUT2D eigenvalue weighted by atomic mass is 19.1. The van der Waals surface area contributed by atoms with Gasteiger partial charge in [0, 0.05) is 101 Å². The van der Waals surface area contributed by atoms with Crippen molar-refractivity contribution in [3.05, 3.63) is 0 Å². The van der Waals surface area contributed by atoms with Crippen molar-refractivity contribution < 1.29 is 122 Å². The molecule has 6 saturated heterocycles. The molecule has 0 saturated carbocycles. The van der Waals surface area contributed by atoms with E-state index in [2.05, 4.69) is 26.1 Å². The predicted octanol–water partition coefficient (Wildman–Crippen LogP) is 11.6. The molecule has 10 N–H and O–H groups in total. The average Bonchev–Trinajstić information content (AvgIpc) is 0.845. The van der Waals surface area contributed by atoms with Gasteiger partial charge in [-0.3, -0.25) is 28.4 Å². The fourth-order valence-electron chi connectivity index (χ4n) is 18.4. The van der Waals surface area contributed by atoms with Crippen LogP contribution in [-0.4, -0.2) is 261 Å². The first-order chi connectivity index (χ1) is 56.7. The zero-order chi connectivity index (χ0) is 94.0. The minimum atomic E-state index is -1.89. The molecule has 34 atom stereocenters. The molecular weight excluding hydrogens is 1580 g/mol. The van der Waals surface area contributed by atoms with E-state index in [1.165, 1.54) is 41.7 Å². The van der Waals surface area contributed by atoms with Gasteiger partial charge < -0.3 is 104 Å². The number of hydrogen-bond acceptors (Lipinski definition) is 29. The molecule has 0 spiro atoms. The third-order valence-corrected chi connectivity index (χ3v) is 28.3. The number of Topliss-reactive ketones (excluding diaryl/α,β-unsaturated/α-hetero) is 2. The van der Waals surface area contributed by atoms with Crippen molar-refractivity contribution in [2.75, 3.05) is 60.8 Å². The molecule has 29 nitrogen and oxygen atoms in total. The summed E-state index contributed by atoms with van der Waals surface area (Å²) < 4.78 is 60.1. The Hall–Kier alpha value is -4.51. The van der Waals surface area contributed by atoms with E-state index in [4.69, 9.17) is 52.4 Å². The summed E-state index contributed by atoms with van der Waals surface area (Å²) in [7, 11) is 4.75. The molecule has 0 amide bonds. The lowest BCUT2D eigenvalue weighted by Crippen LogP contribution is -2.58. The minimum Gasteiger partial charge on any atom is -0.459 e. The van der Waals surface area contributed by atoms with E-state index in [-0.39, 0.29) is 92.6 Å².